The van der Waals surface area contributed by atoms with Gasteiger partial charge in [-0.1, -0.05) is 318 Å². The quantitative estimate of drug-likeness (QED) is 0.0195. The predicted octanol–water partition coefficient (Wildman–Crippen LogP) is 20.6. The minimum Gasteiger partial charge on any atom is -0.466 e. The molecule has 1 fully saturated rings. The molecule has 0 radical (unpaired) electrons. The molecule has 0 aromatic rings. The third-order valence-corrected chi connectivity index (χ3v) is 18.0. The van der Waals surface area contributed by atoms with Crippen molar-refractivity contribution in [2.75, 3.05) is 19.8 Å². The van der Waals surface area contributed by atoms with Crippen LogP contribution in [0.4, 0.5) is 0 Å². The number of unbranched alkanes of at least 4 members (excludes halogenated alkanes) is 44. The second-order valence-electron chi connectivity index (χ2n) is 26.7. The summed E-state index contributed by atoms with van der Waals surface area (Å²) in [5, 5.41) is 54.5. The highest BCUT2D eigenvalue weighted by Gasteiger charge is 2.44. The Kier molecular flexibility index (Phi) is 64.8. The van der Waals surface area contributed by atoms with Gasteiger partial charge in [0.1, 0.15) is 24.4 Å². The number of carbonyl (C=O) groups excluding carboxylic acids is 2. The number of hydrogen-bond acceptors (Lipinski definition) is 10. The fraction of sp³-hybridized carbons (Fsp3) is 0.825. The lowest BCUT2D eigenvalue weighted by Gasteiger charge is -2.40. The number of rotatable bonds is 68. The van der Waals surface area contributed by atoms with Gasteiger partial charge in [0.05, 0.1) is 32.0 Å². The van der Waals surface area contributed by atoms with Crippen LogP contribution in [0, 0.1) is 0 Å². The van der Waals surface area contributed by atoms with E-state index >= 15 is 0 Å². The monoisotopic (exact) mass is 1280 g/mol. The van der Waals surface area contributed by atoms with E-state index in [1.165, 1.54) is 263 Å². The summed E-state index contributed by atoms with van der Waals surface area (Å²) >= 11 is 0. The van der Waals surface area contributed by atoms with Crippen LogP contribution >= 0.6 is 0 Å². The van der Waals surface area contributed by atoms with Crippen molar-refractivity contribution in [1.29, 1.82) is 0 Å². The average molecular weight is 1280 g/mol. The van der Waals surface area contributed by atoms with E-state index in [-0.39, 0.29) is 18.5 Å². The average Bonchev–Trinajstić information content (AvgIpc) is 1.30. The number of aliphatic hydroxyl groups excluding tert-OH is 5. The summed E-state index contributed by atoms with van der Waals surface area (Å²) in [6, 6.07) is -0.826. The zero-order chi connectivity index (χ0) is 65.8. The molecular formula is C80H145NO10. The maximum absolute atomic E-state index is 13.1. The molecule has 0 spiro atoms. The van der Waals surface area contributed by atoms with Crippen LogP contribution in [0.5, 0.6) is 0 Å². The van der Waals surface area contributed by atoms with Gasteiger partial charge in [0, 0.05) is 12.8 Å². The molecule has 1 rings (SSSR count). The van der Waals surface area contributed by atoms with Gasteiger partial charge in [0.15, 0.2) is 6.29 Å². The Labute approximate surface area is 560 Å². The molecule has 6 N–H and O–H groups in total. The first-order chi connectivity index (χ1) is 44.7. The van der Waals surface area contributed by atoms with Gasteiger partial charge < -0.3 is 45.1 Å². The van der Waals surface area contributed by atoms with Crippen molar-refractivity contribution in [3.63, 3.8) is 0 Å². The summed E-state index contributed by atoms with van der Waals surface area (Å²) in [4.78, 5) is 25.1. The van der Waals surface area contributed by atoms with Gasteiger partial charge in [-0.3, -0.25) is 9.59 Å². The molecular weight excluding hydrogens is 1130 g/mol. The molecule has 91 heavy (non-hydrogen) atoms. The molecule has 7 unspecified atom stereocenters. The summed E-state index contributed by atoms with van der Waals surface area (Å²) in [7, 11) is 0. The van der Waals surface area contributed by atoms with Crippen LogP contribution < -0.4 is 5.32 Å². The minimum atomic E-state index is -1.58. The lowest BCUT2D eigenvalue weighted by molar-refractivity contribution is -0.302. The normalized spacial score (nSPS) is 18.0. The van der Waals surface area contributed by atoms with E-state index in [9.17, 15) is 35.1 Å². The first-order valence-corrected chi connectivity index (χ1v) is 38.7. The van der Waals surface area contributed by atoms with E-state index in [1.54, 1.807) is 6.08 Å². The zero-order valence-corrected chi connectivity index (χ0v) is 59.1. The summed E-state index contributed by atoms with van der Waals surface area (Å²) in [5.41, 5.74) is 0. The van der Waals surface area contributed by atoms with E-state index in [0.717, 1.165) is 70.6 Å². The van der Waals surface area contributed by atoms with Crippen molar-refractivity contribution in [2.24, 2.45) is 0 Å². The van der Waals surface area contributed by atoms with E-state index < -0.39 is 49.5 Å². The van der Waals surface area contributed by atoms with Crippen molar-refractivity contribution >= 4 is 11.9 Å². The Morgan fingerprint density at radius 3 is 1.19 bits per heavy atom. The lowest BCUT2D eigenvalue weighted by Crippen LogP contribution is -2.60. The number of carbonyl (C=O) groups is 2. The Hall–Kier alpha value is -2.90. The maximum Gasteiger partial charge on any atom is 0.305 e. The molecule has 0 aliphatic carbocycles. The number of hydrogen-bond donors (Lipinski definition) is 6. The first kappa shape index (κ1) is 86.1. The van der Waals surface area contributed by atoms with Gasteiger partial charge >= 0.3 is 5.97 Å². The van der Waals surface area contributed by atoms with Crippen molar-refractivity contribution < 1.29 is 49.3 Å². The summed E-state index contributed by atoms with van der Waals surface area (Å²) in [6.45, 7) is 4.30. The Morgan fingerprint density at radius 2 is 0.758 bits per heavy atom. The highest BCUT2D eigenvalue weighted by Crippen LogP contribution is 2.23. The first-order valence-electron chi connectivity index (χ1n) is 38.7. The van der Waals surface area contributed by atoms with Gasteiger partial charge in [0.25, 0.3) is 0 Å². The zero-order valence-electron chi connectivity index (χ0n) is 59.1. The molecule has 0 bridgehead atoms. The second kappa shape index (κ2) is 68.5. The summed E-state index contributed by atoms with van der Waals surface area (Å²) in [5.74, 6) is -0.192. The summed E-state index contributed by atoms with van der Waals surface area (Å²) < 4.78 is 16.7. The van der Waals surface area contributed by atoms with E-state index in [4.69, 9.17) is 14.2 Å². The fourth-order valence-corrected chi connectivity index (χ4v) is 11.9. The molecule has 0 saturated carbocycles. The van der Waals surface area contributed by atoms with Crippen molar-refractivity contribution in [3.05, 3.63) is 72.9 Å². The fourth-order valence-electron chi connectivity index (χ4n) is 11.9. The molecule has 7 atom stereocenters. The lowest BCUT2D eigenvalue weighted by atomic mass is 9.99. The molecule has 11 nitrogen and oxygen atoms in total. The molecule has 0 aromatic heterocycles. The smallest absolute Gasteiger partial charge is 0.305 e. The van der Waals surface area contributed by atoms with Gasteiger partial charge in [-0.2, -0.15) is 0 Å². The molecule has 530 valence electrons. The van der Waals surface area contributed by atoms with Crippen molar-refractivity contribution in [2.45, 2.75) is 403 Å². The summed E-state index contributed by atoms with van der Waals surface area (Å²) in [6.07, 6.45) is 83.6. The molecule has 1 amide bonds. The van der Waals surface area contributed by atoms with Crippen LogP contribution in [0.15, 0.2) is 72.9 Å². The molecule has 1 heterocycles. The van der Waals surface area contributed by atoms with Crippen LogP contribution in [0.25, 0.3) is 0 Å². The molecule has 1 aliphatic rings. The van der Waals surface area contributed by atoms with Crippen LogP contribution in [-0.4, -0.2) is 100 Å². The van der Waals surface area contributed by atoms with E-state index in [1.807, 2.05) is 6.08 Å². The van der Waals surface area contributed by atoms with Crippen LogP contribution in [-0.2, 0) is 23.8 Å². The number of aliphatic hydroxyl groups is 5. The molecule has 1 saturated heterocycles. The number of esters is 1. The van der Waals surface area contributed by atoms with Crippen LogP contribution in [0.3, 0.4) is 0 Å². The maximum atomic E-state index is 13.1. The molecule has 1 aliphatic heterocycles. The topological polar surface area (TPSA) is 175 Å². The minimum absolute atomic E-state index is 0.00251. The van der Waals surface area contributed by atoms with Gasteiger partial charge in [-0.05, 0) is 103 Å². The van der Waals surface area contributed by atoms with Crippen LogP contribution in [0.1, 0.15) is 361 Å². The van der Waals surface area contributed by atoms with Crippen LogP contribution in [0.2, 0.25) is 0 Å². The Bertz CT molecular complexity index is 1740. The predicted molar refractivity (Wildman–Crippen MR) is 384 cm³/mol. The molecule has 0 aromatic carbocycles. The number of nitrogens with one attached hydrogen (secondary N) is 1. The highest BCUT2D eigenvalue weighted by molar-refractivity contribution is 5.76. The number of ether oxygens (including phenoxy) is 3. The second-order valence-corrected chi connectivity index (χ2v) is 26.7. The van der Waals surface area contributed by atoms with E-state index in [0.29, 0.717) is 19.4 Å². The Morgan fingerprint density at radius 1 is 0.407 bits per heavy atom. The largest absolute Gasteiger partial charge is 0.466 e. The van der Waals surface area contributed by atoms with Gasteiger partial charge in [-0.15, -0.1) is 0 Å². The van der Waals surface area contributed by atoms with Gasteiger partial charge in [-0.25, -0.2) is 0 Å². The Balaban J connectivity index is 1.92. The van der Waals surface area contributed by atoms with Crippen molar-refractivity contribution in [3.8, 4) is 0 Å². The highest BCUT2D eigenvalue weighted by atomic mass is 16.7. The standard InChI is InChI=1S/C80H145NO10/c1-3-5-7-9-11-13-15-17-44-48-52-56-60-64-68-76(85)89-69-65-61-57-53-49-45-42-40-38-36-34-32-30-28-26-24-22-20-18-19-21-23-25-27-29-31-33-35-37-39-41-43-47-51-55-59-63-67-75(84)81-72(71-90-80-79(88)78(87)77(86)74(70-82)91-80)73(83)66-62-58-54-50-46-16-14-12-10-8-6-4-2/h9,11,15,17-18,20,24,26,46,50,62,66,72-74,77-80,82-83,86-88H,3-8,10,12-14,16,19,21-23,25,27-45,47-49,51-61,63-65,67-71H2,1-2H3,(H,81,84)/b11-9-,17-15-,20-18-,26-24-,50-46+,66-62+. The van der Waals surface area contributed by atoms with Gasteiger partial charge in [0.2, 0.25) is 5.91 Å². The van der Waals surface area contributed by atoms with E-state index in [2.05, 4.69) is 79.9 Å². The number of allylic oxidation sites excluding steroid dienone is 11. The third kappa shape index (κ3) is 57.1. The number of amides is 1. The van der Waals surface area contributed by atoms with Crippen molar-refractivity contribution in [1.82, 2.24) is 5.32 Å². The third-order valence-electron chi connectivity index (χ3n) is 18.0. The SMILES string of the molecule is CCCC/C=C\C/C=C\CCCCCCCC(=O)OCCCCCCCCCCCCCCC/C=C\C/C=C\CCCCCCCCCCCCCCCCCCCC(=O)NC(COC1OC(CO)C(O)C(O)C1O)C(O)/C=C/CC/C=C/CCCCCCCC. The molecule has 11 heteroatoms.